The lowest BCUT2D eigenvalue weighted by Crippen LogP contribution is -2.29. The van der Waals surface area contributed by atoms with Gasteiger partial charge in [-0.2, -0.15) is 0 Å². The second kappa shape index (κ2) is 5.47. The monoisotopic (exact) mass is 272 g/mol. The van der Waals surface area contributed by atoms with Crippen molar-refractivity contribution in [2.45, 2.75) is 13.0 Å². The molecule has 0 fully saturated rings. The van der Waals surface area contributed by atoms with Crippen LogP contribution >= 0.6 is 0 Å². The van der Waals surface area contributed by atoms with E-state index >= 15 is 0 Å². The van der Waals surface area contributed by atoms with Gasteiger partial charge in [0, 0.05) is 13.0 Å². The fraction of sp³-hybridized carbons (Fsp3) is 0.250. The van der Waals surface area contributed by atoms with Gasteiger partial charge in [0.25, 0.3) is 0 Å². The standard InChI is InChI=1S/C12H12N6O2/c19-11(7-18-8-14-16-17-18)13-6-5-12-15-9-3-1-2-4-10(9)20-12/h1-4,8H,5-7H2,(H,13,19). The minimum atomic E-state index is -0.159. The Morgan fingerprint density at radius 3 is 3.05 bits per heavy atom. The molecular weight excluding hydrogens is 260 g/mol. The summed E-state index contributed by atoms with van der Waals surface area (Å²) in [7, 11) is 0. The highest BCUT2D eigenvalue weighted by Gasteiger charge is 2.07. The van der Waals surface area contributed by atoms with Gasteiger partial charge in [-0.05, 0) is 22.6 Å². The summed E-state index contributed by atoms with van der Waals surface area (Å²) < 4.78 is 6.91. The Morgan fingerprint density at radius 2 is 2.25 bits per heavy atom. The fourth-order valence-corrected chi connectivity index (χ4v) is 1.79. The van der Waals surface area contributed by atoms with Crippen LogP contribution in [0.3, 0.4) is 0 Å². The van der Waals surface area contributed by atoms with E-state index in [9.17, 15) is 4.79 Å². The molecule has 0 aliphatic heterocycles. The number of fused-ring (bicyclic) bond motifs is 1. The molecule has 0 saturated heterocycles. The maximum Gasteiger partial charge on any atom is 0.241 e. The molecule has 0 bridgehead atoms. The van der Waals surface area contributed by atoms with Crippen LogP contribution in [0.25, 0.3) is 11.1 Å². The summed E-state index contributed by atoms with van der Waals surface area (Å²) in [5.41, 5.74) is 1.57. The van der Waals surface area contributed by atoms with E-state index in [0.29, 0.717) is 18.9 Å². The van der Waals surface area contributed by atoms with Gasteiger partial charge >= 0.3 is 0 Å². The summed E-state index contributed by atoms with van der Waals surface area (Å²) in [6.45, 7) is 0.550. The topological polar surface area (TPSA) is 98.7 Å². The van der Waals surface area contributed by atoms with Crippen LogP contribution in [-0.2, 0) is 17.8 Å². The largest absolute Gasteiger partial charge is 0.441 e. The van der Waals surface area contributed by atoms with E-state index < -0.39 is 0 Å². The van der Waals surface area contributed by atoms with Crippen LogP contribution in [0.5, 0.6) is 0 Å². The van der Waals surface area contributed by atoms with E-state index in [2.05, 4.69) is 25.8 Å². The van der Waals surface area contributed by atoms with Crippen LogP contribution in [0.2, 0.25) is 0 Å². The second-order valence-corrected chi connectivity index (χ2v) is 4.18. The van der Waals surface area contributed by atoms with Crippen LogP contribution in [0.1, 0.15) is 5.89 Å². The van der Waals surface area contributed by atoms with Gasteiger partial charge < -0.3 is 9.73 Å². The second-order valence-electron chi connectivity index (χ2n) is 4.18. The lowest BCUT2D eigenvalue weighted by Gasteiger charge is -2.02. The number of aromatic nitrogens is 5. The third-order valence-electron chi connectivity index (χ3n) is 2.70. The van der Waals surface area contributed by atoms with Gasteiger partial charge in [0.2, 0.25) is 5.91 Å². The van der Waals surface area contributed by atoms with E-state index in [4.69, 9.17) is 4.42 Å². The van der Waals surface area contributed by atoms with E-state index in [0.717, 1.165) is 11.1 Å². The molecule has 0 saturated carbocycles. The lowest BCUT2D eigenvalue weighted by atomic mass is 10.3. The number of nitrogens with one attached hydrogen (secondary N) is 1. The number of hydrogen-bond donors (Lipinski definition) is 1. The van der Waals surface area contributed by atoms with E-state index in [-0.39, 0.29) is 12.5 Å². The number of benzene rings is 1. The summed E-state index contributed by atoms with van der Waals surface area (Å²) >= 11 is 0. The van der Waals surface area contributed by atoms with Crippen LogP contribution in [0.15, 0.2) is 35.0 Å². The molecule has 0 aliphatic rings. The first kappa shape index (κ1) is 12.3. The highest BCUT2D eigenvalue weighted by atomic mass is 16.3. The summed E-state index contributed by atoms with van der Waals surface area (Å²) in [6.07, 6.45) is 1.93. The first-order chi connectivity index (χ1) is 9.81. The number of hydrogen-bond acceptors (Lipinski definition) is 6. The average Bonchev–Trinajstić information content (AvgIpc) is 3.07. The predicted molar refractivity (Wildman–Crippen MR) is 68.5 cm³/mol. The van der Waals surface area contributed by atoms with E-state index in [1.165, 1.54) is 11.0 Å². The number of carbonyl (C=O) groups excluding carboxylic acids is 1. The van der Waals surface area contributed by atoms with Crippen molar-refractivity contribution in [2.24, 2.45) is 0 Å². The Labute approximate surface area is 113 Å². The quantitative estimate of drug-likeness (QED) is 0.711. The molecule has 0 aliphatic carbocycles. The van der Waals surface area contributed by atoms with Crippen LogP contribution in [0, 0.1) is 0 Å². The van der Waals surface area contributed by atoms with Crippen molar-refractivity contribution in [1.82, 2.24) is 30.5 Å². The minimum Gasteiger partial charge on any atom is -0.441 e. The van der Waals surface area contributed by atoms with Gasteiger partial charge in [-0.15, -0.1) is 5.10 Å². The molecule has 8 heteroatoms. The van der Waals surface area contributed by atoms with E-state index in [1.54, 1.807) is 0 Å². The van der Waals surface area contributed by atoms with Crippen molar-refractivity contribution < 1.29 is 9.21 Å². The van der Waals surface area contributed by atoms with Crippen molar-refractivity contribution in [3.8, 4) is 0 Å². The van der Waals surface area contributed by atoms with Crippen LogP contribution < -0.4 is 5.32 Å². The Hall–Kier alpha value is -2.77. The molecule has 1 N–H and O–H groups in total. The molecule has 8 nitrogen and oxygen atoms in total. The summed E-state index contributed by atoms with van der Waals surface area (Å²) in [5.74, 6) is 0.447. The summed E-state index contributed by atoms with van der Waals surface area (Å²) in [4.78, 5) is 15.9. The van der Waals surface area contributed by atoms with Gasteiger partial charge in [-0.1, -0.05) is 12.1 Å². The Kier molecular flexibility index (Phi) is 3.36. The van der Waals surface area contributed by atoms with Gasteiger partial charge in [-0.25, -0.2) is 9.67 Å². The molecule has 1 aromatic carbocycles. The number of tetrazole rings is 1. The molecule has 1 amide bonds. The molecule has 0 radical (unpaired) electrons. The molecule has 20 heavy (non-hydrogen) atoms. The number of nitrogens with zero attached hydrogens (tertiary/aromatic N) is 5. The van der Waals surface area contributed by atoms with Crippen molar-refractivity contribution in [3.05, 3.63) is 36.5 Å². The zero-order valence-electron chi connectivity index (χ0n) is 10.6. The first-order valence-corrected chi connectivity index (χ1v) is 6.13. The lowest BCUT2D eigenvalue weighted by molar-refractivity contribution is -0.121. The number of para-hydroxylation sites is 2. The summed E-state index contributed by atoms with van der Waals surface area (Å²) in [5, 5.41) is 13.3. The Bertz CT molecular complexity index is 673. The average molecular weight is 272 g/mol. The predicted octanol–water partition coefficient (Wildman–Crippen LogP) is 0.173. The molecule has 102 valence electrons. The molecule has 0 spiro atoms. The van der Waals surface area contributed by atoms with Crippen molar-refractivity contribution in [2.75, 3.05) is 6.54 Å². The normalized spacial score (nSPS) is 10.8. The molecule has 0 unspecified atom stereocenters. The van der Waals surface area contributed by atoms with Gasteiger partial charge in [0.15, 0.2) is 11.5 Å². The molecule has 0 atom stereocenters. The molecule has 2 heterocycles. The number of amides is 1. The zero-order chi connectivity index (χ0) is 13.8. The van der Waals surface area contributed by atoms with Gasteiger partial charge in [-0.3, -0.25) is 4.79 Å². The smallest absolute Gasteiger partial charge is 0.241 e. The maximum absolute atomic E-state index is 11.6. The maximum atomic E-state index is 11.6. The Morgan fingerprint density at radius 1 is 1.35 bits per heavy atom. The minimum absolute atomic E-state index is 0.0978. The molecule has 2 aromatic heterocycles. The first-order valence-electron chi connectivity index (χ1n) is 6.13. The van der Waals surface area contributed by atoms with Gasteiger partial charge in [0.1, 0.15) is 18.4 Å². The number of carbonyl (C=O) groups is 1. The van der Waals surface area contributed by atoms with Gasteiger partial charge in [0.05, 0.1) is 0 Å². The van der Waals surface area contributed by atoms with Crippen LogP contribution in [-0.4, -0.2) is 37.6 Å². The third kappa shape index (κ3) is 2.79. The molecule has 3 rings (SSSR count). The van der Waals surface area contributed by atoms with Crippen molar-refractivity contribution in [3.63, 3.8) is 0 Å². The Balaban J connectivity index is 1.51. The number of oxazole rings is 1. The fourth-order valence-electron chi connectivity index (χ4n) is 1.79. The SMILES string of the molecule is O=C(Cn1cnnn1)NCCc1nc2ccccc2o1. The highest BCUT2D eigenvalue weighted by Crippen LogP contribution is 2.14. The molecular formula is C12H12N6O2. The third-order valence-corrected chi connectivity index (χ3v) is 2.70. The molecule has 3 aromatic rings. The van der Waals surface area contributed by atoms with Crippen molar-refractivity contribution in [1.29, 1.82) is 0 Å². The summed E-state index contributed by atoms with van der Waals surface area (Å²) in [6, 6.07) is 7.55. The van der Waals surface area contributed by atoms with E-state index in [1.807, 2.05) is 24.3 Å². The van der Waals surface area contributed by atoms with Crippen LogP contribution in [0.4, 0.5) is 0 Å². The van der Waals surface area contributed by atoms with Crippen molar-refractivity contribution >= 4 is 17.0 Å². The number of rotatable bonds is 5. The zero-order valence-corrected chi connectivity index (χ0v) is 10.6. The highest BCUT2D eigenvalue weighted by molar-refractivity contribution is 5.75.